The second-order valence-corrected chi connectivity index (χ2v) is 4.65. The maximum atomic E-state index is 13.0. The molecule has 2 aromatic rings. The van der Waals surface area contributed by atoms with Crippen LogP contribution in [-0.4, -0.2) is 11.1 Å². The SMILES string of the molecule is Cc1ccc(COc2ccc(F)cc2C(=O)O)cc1C. The molecule has 0 saturated carbocycles. The normalized spacial score (nSPS) is 10.3. The molecule has 3 nitrogen and oxygen atoms in total. The third kappa shape index (κ3) is 3.15. The van der Waals surface area contributed by atoms with Gasteiger partial charge in [0.05, 0.1) is 0 Å². The lowest BCUT2D eigenvalue weighted by Crippen LogP contribution is -2.04. The van der Waals surface area contributed by atoms with Gasteiger partial charge in [0.1, 0.15) is 23.7 Å². The minimum absolute atomic E-state index is 0.164. The third-order valence-corrected chi connectivity index (χ3v) is 3.14. The van der Waals surface area contributed by atoms with Gasteiger partial charge in [-0.1, -0.05) is 18.2 Å². The largest absolute Gasteiger partial charge is 0.488 e. The van der Waals surface area contributed by atoms with Gasteiger partial charge in [-0.2, -0.15) is 0 Å². The van der Waals surface area contributed by atoms with Crippen LogP contribution in [-0.2, 0) is 6.61 Å². The molecule has 0 atom stereocenters. The standard InChI is InChI=1S/C16H15FO3/c1-10-3-4-12(7-11(10)2)9-20-15-6-5-13(17)8-14(15)16(18)19/h3-8H,9H2,1-2H3,(H,18,19). The molecular weight excluding hydrogens is 259 g/mol. The van der Waals surface area contributed by atoms with Crippen molar-refractivity contribution in [1.82, 2.24) is 0 Å². The minimum Gasteiger partial charge on any atom is -0.488 e. The molecule has 0 fully saturated rings. The number of aromatic carboxylic acids is 1. The van der Waals surface area contributed by atoms with Crippen LogP contribution in [0.2, 0.25) is 0 Å². The first-order valence-corrected chi connectivity index (χ1v) is 6.19. The van der Waals surface area contributed by atoms with Crippen molar-refractivity contribution in [2.45, 2.75) is 20.5 Å². The number of ether oxygens (including phenoxy) is 1. The van der Waals surface area contributed by atoms with Gasteiger partial charge in [0.2, 0.25) is 0 Å². The highest BCUT2D eigenvalue weighted by Gasteiger charge is 2.12. The third-order valence-electron chi connectivity index (χ3n) is 3.14. The van der Waals surface area contributed by atoms with Gasteiger partial charge in [-0.25, -0.2) is 9.18 Å². The number of benzene rings is 2. The Bertz CT molecular complexity index is 650. The first-order chi connectivity index (χ1) is 9.47. The lowest BCUT2D eigenvalue weighted by Gasteiger charge is -2.10. The van der Waals surface area contributed by atoms with Crippen LogP contribution in [0.1, 0.15) is 27.0 Å². The second-order valence-electron chi connectivity index (χ2n) is 4.65. The number of carboxylic acids is 1. The molecule has 0 saturated heterocycles. The van der Waals surface area contributed by atoms with Crippen LogP contribution in [0.5, 0.6) is 5.75 Å². The van der Waals surface area contributed by atoms with E-state index in [0.29, 0.717) is 0 Å². The molecule has 0 aliphatic carbocycles. The number of aryl methyl sites for hydroxylation is 2. The van der Waals surface area contributed by atoms with E-state index in [1.54, 1.807) is 0 Å². The van der Waals surface area contributed by atoms with Crippen molar-refractivity contribution >= 4 is 5.97 Å². The molecule has 0 unspecified atom stereocenters. The summed E-state index contributed by atoms with van der Waals surface area (Å²) in [5, 5.41) is 9.02. The highest BCUT2D eigenvalue weighted by Crippen LogP contribution is 2.21. The van der Waals surface area contributed by atoms with Crippen LogP contribution in [0.4, 0.5) is 4.39 Å². The molecule has 104 valence electrons. The molecule has 0 amide bonds. The van der Waals surface area contributed by atoms with Crippen molar-refractivity contribution in [2.75, 3.05) is 0 Å². The Morgan fingerprint density at radius 1 is 1.15 bits per heavy atom. The zero-order chi connectivity index (χ0) is 14.7. The van der Waals surface area contributed by atoms with E-state index in [2.05, 4.69) is 0 Å². The van der Waals surface area contributed by atoms with Gasteiger partial charge >= 0.3 is 5.97 Å². The van der Waals surface area contributed by atoms with E-state index in [1.807, 2.05) is 32.0 Å². The van der Waals surface area contributed by atoms with Gasteiger partial charge in [0.25, 0.3) is 0 Å². The van der Waals surface area contributed by atoms with Crippen LogP contribution in [0.25, 0.3) is 0 Å². The molecule has 4 heteroatoms. The molecule has 0 aromatic heterocycles. The summed E-state index contributed by atoms with van der Waals surface area (Å²) in [7, 11) is 0. The summed E-state index contributed by atoms with van der Waals surface area (Å²) in [6.07, 6.45) is 0. The molecule has 2 aromatic carbocycles. The molecule has 20 heavy (non-hydrogen) atoms. The van der Waals surface area contributed by atoms with Crippen molar-refractivity contribution in [2.24, 2.45) is 0 Å². The molecule has 0 bridgehead atoms. The maximum Gasteiger partial charge on any atom is 0.339 e. The summed E-state index contributed by atoms with van der Waals surface area (Å²) in [6.45, 7) is 4.26. The monoisotopic (exact) mass is 274 g/mol. The van der Waals surface area contributed by atoms with Crippen molar-refractivity contribution in [3.8, 4) is 5.75 Å². The van der Waals surface area contributed by atoms with Crippen molar-refractivity contribution in [3.63, 3.8) is 0 Å². The van der Waals surface area contributed by atoms with Gasteiger partial charge in [-0.3, -0.25) is 0 Å². The fourth-order valence-corrected chi connectivity index (χ4v) is 1.85. The topological polar surface area (TPSA) is 46.5 Å². The second kappa shape index (κ2) is 5.74. The number of rotatable bonds is 4. The molecule has 0 spiro atoms. The summed E-state index contributed by atoms with van der Waals surface area (Å²) in [5.74, 6) is -1.64. The van der Waals surface area contributed by atoms with E-state index in [1.165, 1.54) is 17.7 Å². The summed E-state index contributed by atoms with van der Waals surface area (Å²) >= 11 is 0. The average molecular weight is 274 g/mol. The Labute approximate surface area is 116 Å². The van der Waals surface area contributed by atoms with Crippen molar-refractivity contribution in [1.29, 1.82) is 0 Å². The Morgan fingerprint density at radius 2 is 1.90 bits per heavy atom. The van der Waals surface area contributed by atoms with Gasteiger partial charge in [-0.05, 0) is 48.7 Å². The van der Waals surface area contributed by atoms with E-state index in [0.717, 1.165) is 17.2 Å². The van der Waals surface area contributed by atoms with Crippen molar-refractivity contribution in [3.05, 3.63) is 64.5 Å². The predicted octanol–water partition coefficient (Wildman–Crippen LogP) is 3.72. The fourth-order valence-electron chi connectivity index (χ4n) is 1.85. The lowest BCUT2D eigenvalue weighted by atomic mass is 10.1. The Morgan fingerprint density at radius 3 is 2.55 bits per heavy atom. The maximum absolute atomic E-state index is 13.0. The summed E-state index contributed by atoms with van der Waals surface area (Å²) in [6, 6.07) is 9.36. The van der Waals surface area contributed by atoms with Crippen LogP contribution in [0.3, 0.4) is 0 Å². The van der Waals surface area contributed by atoms with E-state index >= 15 is 0 Å². The fraction of sp³-hybridized carbons (Fsp3) is 0.188. The molecule has 0 aliphatic heterocycles. The highest BCUT2D eigenvalue weighted by atomic mass is 19.1. The van der Waals surface area contributed by atoms with Gasteiger partial charge in [-0.15, -0.1) is 0 Å². The molecule has 0 radical (unpaired) electrons. The quantitative estimate of drug-likeness (QED) is 0.924. The smallest absolute Gasteiger partial charge is 0.339 e. The van der Waals surface area contributed by atoms with Gasteiger partial charge in [0, 0.05) is 0 Å². The molecule has 2 rings (SSSR count). The van der Waals surface area contributed by atoms with E-state index in [4.69, 9.17) is 9.84 Å². The molecule has 0 aliphatic rings. The number of halogens is 1. The number of carbonyl (C=O) groups is 1. The molecule has 0 heterocycles. The lowest BCUT2D eigenvalue weighted by molar-refractivity contribution is 0.0691. The van der Waals surface area contributed by atoms with Crippen LogP contribution >= 0.6 is 0 Å². The van der Waals surface area contributed by atoms with Crippen LogP contribution in [0.15, 0.2) is 36.4 Å². The first-order valence-electron chi connectivity index (χ1n) is 6.19. The average Bonchev–Trinajstić information content (AvgIpc) is 2.41. The zero-order valence-electron chi connectivity index (χ0n) is 11.3. The summed E-state index contributed by atoms with van der Waals surface area (Å²) in [4.78, 5) is 11.0. The predicted molar refractivity (Wildman–Crippen MR) is 73.6 cm³/mol. The van der Waals surface area contributed by atoms with E-state index in [9.17, 15) is 9.18 Å². The minimum atomic E-state index is -1.21. The number of hydrogen-bond donors (Lipinski definition) is 1. The van der Waals surface area contributed by atoms with Gasteiger partial charge < -0.3 is 9.84 Å². The van der Waals surface area contributed by atoms with E-state index < -0.39 is 11.8 Å². The number of carboxylic acid groups (broad SMARTS) is 1. The summed E-state index contributed by atoms with van der Waals surface area (Å²) < 4.78 is 18.5. The Balaban J connectivity index is 2.18. The van der Waals surface area contributed by atoms with Crippen LogP contribution < -0.4 is 4.74 Å². The Hall–Kier alpha value is -2.36. The summed E-state index contributed by atoms with van der Waals surface area (Å²) in [5.41, 5.74) is 3.09. The van der Waals surface area contributed by atoms with Crippen molar-refractivity contribution < 1.29 is 19.0 Å². The van der Waals surface area contributed by atoms with Crippen LogP contribution in [0, 0.1) is 19.7 Å². The molecular formula is C16H15FO3. The Kier molecular flexibility index (Phi) is 4.03. The molecule has 1 N–H and O–H groups in total. The highest BCUT2D eigenvalue weighted by molar-refractivity contribution is 5.90. The number of hydrogen-bond acceptors (Lipinski definition) is 2. The zero-order valence-corrected chi connectivity index (χ0v) is 11.3. The van der Waals surface area contributed by atoms with Gasteiger partial charge in [0.15, 0.2) is 0 Å². The first kappa shape index (κ1) is 14.1. The van der Waals surface area contributed by atoms with E-state index in [-0.39, 0.29) is 17.9 Å².